The van der Waals surface area contributed by atoms with Crippen LogP contribution in [-0.4, -0.2) is 55.0 Å². The lowest BCUT2D eigenvalue weighted by Gasteiger charge is -2.38. The van der Waals surface area contributed by atoms with Crippen LogP contribution in [0, 0.1) is 0 Å². The molecule has 0 saturated carbocycles. The highest BCUT2D eigenvalue weighted by Gasteiger charge is 2.23. The zero-order valence-corrected chi connectivity index (χ0v) is 16.4. The molecular formula is C23H30N2O2. The monoisotopic (exact) mass is 366 g/mol. The number of hydrogen-bond acceptors (Lipinski definition) is 3. The average molecular weight is 367 g/mol. The van der Waals surface area contributed by atoms with E-state index in [9.17, 15) is 4.79 Å². The molecule has 4 heteroatoms. The summed E-state index contributed by atoms with van der Waals surface area (Å²) in [7, 11) is 1.67. The van der Waals surface area contributed by atoms with Gasteiger partial charge in [0, 0.05) is 38.6 Å². The van der Waals surface area contributed by atoms with Gasteiger partial charge in [-0.3, -0.25) is 9.69 Å². The van der Waals surface area contributed by atoms with Crippen molar-refractivity contribution in [3.8, 4) is 5.75 Å². The van der Waals surface area contributed by atoms with Crippen LogP contribution in [0.5, 0.6) is 5.75 Å². The molecule has 1 atom stereocenters. The van der Waals surface area contributed by atoms with E-state index >= 15 is 0 Å². The molecule has 1 aliphatic heterocycles. The summed E-state index contributed by atoms with van der Waals surface area (Å²) in [5, 5.41) is 0. The standard InChI is InChI=1S/C23H30N2O2/c1-19(17-20-7-4-3-5-8-20)24-13-15-25(16-14-24)23(26)12-11-21-9-6-10-22(18-21)27-2/h3-10,18-19H,11-17H2,1-2H3. The number of piperazine rings is 1. The molecule has 0 aromatic heterocycles. The third kappa shape index (κ3) is 5.57. The van der Waals surface area contributed by atoms with Crippen LogP contribution in [0.1, 0.15) is 24.5 Å². The predicted molar refractivity (Wildman–Crippen MR) is 109 cm³/mol. The predicted octanol–water partition coefficient (Wildman–Crippen LogP) is 3.40. The Bertz CT molecular complexity index is 724. The molecule has 0 spiro atoms. The lowest BCUT2D eigenvalue weighted by atomic mass is 10.0. The normalized spacial score (nSPS) is 16.1. The fraction of sp³-hybridized carbons (Fsp3) is 0.435. The van der Waals surface area contributed by atoms with E-state index in [2.05, 4.69) is 48.2 Å². The van der Waals surface area contributed by atoms with Crippen molar-refractivity contribution in [3.05, 3.63) is 65.7 Å². The lowest BCUT2D eigenvalue weighted by molar-refractivity contribution is -0.133. The number of ether oxygens (including phenoxy) is 1. The van der Waals surface area contributed by atoms with Crippen LogP contribution in [0.15, 0.2) is 54.6 Å². The number of aryl methyl sites for hydroxylation is 1. The summed E-state index contributed by atoms with van der Waals surface area (Å²) in [5.74, 6) is 1.11. The number of rotatable bonds is 7. The summed E-state index contributed by atoms with van der Waals surface area (Å²) in [6.07, 6.45) is 2.39. The van der Waals surface area contributed by atoms with Crippen molar-refractivity contribution in [3.63, 3.8) is 0 Å². The van der Waals surface area contributed by atoms with Crippen molar-refractivity contribution >= 4 is 5.91 Å². The minimum absolute atomic E-state index is 0.258. The topological polar surface area (TPSA) is 32.8 Å². The number of hydrogen-bond donors (Lipinski definition) is 0. The van der Waals surface area contributed by atoms with E-state index in [1.54, 1.807) is 7.11 Å². The quantitative estimate of drug-likeness (QED) is 0.753. The van der Waals surface area contributed by atoms with Gasteiger partial charge in [0.2, 0.25) is 5.91 Å². The van der Waals surface area contributed by atoms with Crippen LogP contribution >= 0.6 is 0 Å². The van der Waals surface area contributed by atoms with Gasteiger partial charge in [0.15, 0.2) is 0 Å². The molecule has 1 fully saturated rings. The van der Waals surface area contributed by atoms with Gasteiger partial charge in [-0.1, -0.05) is 42.5 Å². The van der Waals surface area contributed by atoms with Crippen LogP contribution in [0.4, 0.5) is 0 Å². The van der Waals surface area contributed by atoms with E-state index in [1.165, 1.54) is 5.56 Å². The highest BCUT2D eigenvalue weighted by molar-refractivity contribution is 5.76. The summed E-state index contributed by atoms with van der Waals surface area (Å²) in [4.78, 5) is 17.1. The fourth-order valence-electron chi connectivity index (χ4n) is 3.73. The van der Waals surface area contributed by atoms with Crippen LogP contribution in [0.2, 0.25) is 0 Å². The number of carbonyl (C=O) groups excluding carboxylic acids is 1. The molecular weight excluding hydrogens is 336 g/mol. The van der Waals surface area contributed by atoms with Gasteiger partial charge in [-0.15, -0.1) is 0 Å². The van der Waals surface area contributed by atoms with Crippen molar-refractivity contribution in [2.45, 2.75) is 32.2 Å². The van der Waals surface area contributed by atoms with Gasteiger partial charge in [-0.2, -0.15) is 0 Å². The van der Waals surface area contributed by atoms with E-state index in [0.717, 1.165) is 50.3 Å². The Labute approximate surface area is 162 Å². The fourth-order valence-corrected chi connectivity index (χ4v) is 3.73. The van der Waals surface area contributed by atoms with Gasteiger partial charge in [0.05, 0.1) is 7.11 Å². The highest BCUT2D eigenvalue weighted by Crippen LogP contribution is 2.16. The van der Waals surface area contributed by atoms with Crippen molar-refractivity contribution in [2.24, 2.45) is 0 Å². The van der Waals surface area contributed by atoms with Crippen molar-refractivity contribution < 1.29 is 9.53 Å². The van der Waals surface area contributed by atoms with Gasteiger partial charge in [-0.05, 0) is 43.0 Å². The Morgan fingerprint density at radius 3 is 2.41 bits per heavy atom. The molecule has 1 unspecified atom stereocenters. The molecule has 0 N–H and O–H groups in total. The number of amides is 1. The molecule has 1 amide bonds. The molecule has 144 valence electrons. The summed E-state index contributed by atoms with van der Waals surface area (Å²) in [6, 6.07) is 19.1. The van der Waals surface area contributed by atoms with Gasteiger partial charge >= 0.3 is 0 Å². The van der Waals surface area contributed by atoms with Crippen molar-refractivity contribution in [1.29, 1.82) is 0 Å². The second kappa shape index (κ2) is 9.56. The first-order valence-electron chi connectivity index (χ1n) is 9.84. The van der Waals surface area contributed by atoms with Crippen molar-refractivity contribution in [2.75, 3.05) is 33.3 Å². The molecule has 27 heavy (non-hydrogen) atoms. The lowest BCUT2D eigenvalue weighted by Crippen LogP contribution is -2.51. The first kappa shape index (κ1) is 19.4. The zero-order valence-electron chi connectivity index (χ0n) is 16.4. The molecule has 0 bridgehead atoms. The molecule has 1 heterocycles. The number of methoxy groups -OCH3 is 1. The Balaban J connectivity index is 1.43. The Morgan fingerprint density at radius 2 is 1.70 bits per heavy atom. The summed E-state index contributed by atoms with van der Waals surface area (Å²) >= 11 is 0. The van der Waals surface area contributed by atoms with E-state index in [4.69, 9.17) is 4.74 Å². The first-order valence-corrected chi connectivity index (χ1v) is 9.84. The number of nitrogens with zero attached hydrogens (tertiary/aromatic N) is 2. The van der Waals surface area contributed by atoms with Crippen LogP contribution in [0.25, 0.3) is 0 Å². The van der Waals surface area contributed by atoms with Gasteiger partial charge < -0.3 is 9.64 Å². The van der Waals surface area contributed by atoms with Gasteiger partial charge in [0.25, 0.3) is 0 Å². The molecule has 0 aliphatic carbocycles. The van der Waals surface area contributed by atoms with Gasteiger partial charge in [-0.25, -0.2) is 0 Å². The minimum atomic E-state index is 0.258. The Morgan fingerprint density at radius 1 is 1.00 bits per heavy atom. The molecule has 0 radical (unpaired) electrons. The van der Waals surface area contributed by atoms with Crippen LogP contribution in [-0.2, 0) is 17.6 Å². The molecule has 2 aromatic carbocycles. The SMILES string of the molecule is COc1cccc(CCC(=O)N2CCN(C(C)Cc3ccccc3)CC2)c1. The highest BCUT2D eigenvalue weighted by atomic mass is 16.5. The third-order valence-corrected chi connectivity index (χ3v) is 5.43. The van der Waals surface area contributed by atoms with Gasteiger partial charge in [0.1, 0.15) is 5.75 Å². The molecule has 4 nitrogen and oxygen atoms in total. The second-order valence-corrected chi connectivity index (χ2v) is 7.31. The largest absolute Gasteiger partial charge is 0.497 e. The first-order chi connectivity index (χ1) is 13.2. The molecule has 3 rings (SSSR count). The van der Waals surface area contributed by atoms with Crippen LogP contribution < -0.4 is 4.74 Å². The minimum Gasteiger partial charge on any atom is -0.497 e. The maximum atomic E-state index is 12.6. The summed E-state index contributed by atoms with van der Waals surface area (Å²) in [5.41, 5.74) is 2.53. The second-order valence-electron chi connectivity index (χ2n) is 7.31. The summed E-state index contributed by atoms with van der Waals surface area (Å²) in [6.45, 7) is 5.86. The summed E-state index contributed by atoms with van der Waals surface area (Å²) < 4.78 is 5.25. The number of carbonyl (C=O) groups is 1. The Kier molecular flexibility index (Phi) is 6.88. The third-order valence-electron chi connectivity index (χ3n) is 5.43. The van der Waals surface area contributed by atoms with E-state index in [1.807, 2.05) is 23.1 Å². The van der Waals surface area contributed by atoms with Crippen molar-refractivity contribution in [1.82, 2.24) is 9.80 Å². The Hall–Kier alpha value is -2.33. The van der Waals surface area contributed by atoms with E-state index < -0.39 is 0 Å². The maximum Gasteiger partial charge on any atom is 0.222 e. The zero-order chi connectivity index (χ0) is 19.1. The molecule has 2 aromatic rings. The average Bonchev–Trinajstić information content (AvgIpc) is 2.73. The smallest absolute Gasteiger partial charge is 0.222 e. The molecule has 1 aliphatic rings. The number of benzene rings is 2. The molecule has 1 saturated heterocycles. The van der Waals surface area contributed by atoms with Crippen LogP contribution in [0.3, 0.4) is 0 Å². The van der Waals surface area contributed by atoms with E-state index in [0.29, 0.717) is 12.5 Å². The van der Waals surface area contributed by atoms with E-state index in [-0.39, 0.29) is 5.91 Å². The maximum absolute atomic E-state index is 12.6.